The van der Waals surface area contributed by atoms with Crippen LogP contribution in [-0.2, 0) is 16.0 Å². The molecule has 28 heavy (non-hydrogen) atoms. The van der Waals surface area contributed by atoms with Gasteiger partial charge in [-0.3, -0.25) is 14.5 Å². The van der Waals surface area contributed by atoms with Gasteiger partial charge < -0.3 is 5.32 Å². The van der Waals surface area contributed by atoms with Gasteiger partial charge in [0.05, 0.1) is 5.69 Å². The molecule has 2 aromatic rings. The van der Waals surface area contributed by atoms with Crippen LogP contribution in [0.3, 0.4) is 0 Å². The zero-order valence-corrected chi connectivity index (χ0v) is 17.9. The number of carbonyl (C=O) groups is 3. The quantitative estimate of drug-likeness (QED) is 0.612. The topological polar surface area (TPSA) is 66.5 Å². The number of aryl methyl sites for hydroxylation is 1. The van der Waals surface area contributed by atoms with Crippen LogP contribution in [0.4, 0.5) is 10.5 Å². The Morgan fingerprint density at radius 2 is 1.93 bits per heavy atom. The summed E-state index contributed by atoms with van der Waals surface area (Å²) in [6, 6.07) is 10.8. The second-order valence-electron chi connectivity index (χ2n) is 6.43. The lowest BCUT2D eigenvalue weighted by atomic mass is 10.0. The molecule has 1 aliphatic rings. The molecule has 8 heteroatoms. The van der Waals surface area contributed by atoms with Crippen molar-refractivity contribution in [3.05, 3.63) is 62.5 Å². The molecule has 146 valence electrons. The molecule has 1 heterocycles. The number of nitrogens with one attached hydrogen (secondary N) is 1. The maximum absolute atomic E-state index is 12.7. The summed E-state index contributed by atoms with van der Waals surface area (Å²) < 4.78 is 0.690. The maximum atomic E-state index is 12.7. The van der Waals surface area contributed by atoms with E-state index >= 15 is 0 Å². The number of hydrogen-bond acceptors (Lipinski definition) is 3. The van der Waals surface area contributed by atoms with Crippen LogP contribution in [0.15, 0.2) is 46.9 Å². The van der Waals surface area contributed by atoms with Crippen LogP contribution in [0, 0.1) is 0 Å². The number of anilines is 1. The number of likely N-dealkylation sites (tertiary alicyclic amines) is 1. The summed E-state index contributed by atoms with van der Waals surface area (Å²) in [5.41, 5.74) is 1.33. The lowest BCUT2D eigenvalue weighted by molar-refractivity contribution is -0.131. The van der Waals surface area contributed by atoms with Gasteiger partial charge in [-0.2, -0.15) is 0 Å². The summed E-state index contributed by atoms with van der Waals surface area (Å²) >= 11 is 15.4. The number of carbonyl (C=O) groups excluding carboxylic acids is 3. The van der Waals surface area contributed by atoms with Crippen LogP contribution in [0.1, 0.15) is 24.8 Å². The normalized spacial score (nSPS) is 16.3. The van der Waals surface area contributed by atoms with E-state index in [0.717, 1.165) is 10.5 Å². The minimum atomic E-state index is -0.763. The maximum Gasteiger partial charge on any atom is 0.329 e. The van der Waals surface area contributed by atoms with Crippen molar-refractivity contribution in [3.8, 4) is 0 Å². The van der Waals surface area contributed by atoms with Crippen molar-refractivity contribution >= 4 is 62.5 Å². The Labute approximate surface area is 181 Å². The standard InChI is InChI=1S/C20H17BrCl2N2O3/c21-14-3-1-2-4-16(14)24-20(28)25-17(8-10-19(25)27)18(26)9-6-12-5-7-13(22)11-15(12)23/h1-5,7,11,17H,6,8-10H2,(H,24,28)/t17-/m0/s1. The first-order chi connectivity index (χ1) is 13.4. The monoisotopic (exact) mass is 482 g/mol. The number of para-hydroxylation sites is 1. The second kappa shape index (κ2) is 9.07. The molecule has 1 N–H and O–H groups in total. The van der Waals surface area contributed by atoms with Gasteiger partial charge in [-0.1, -0.05) is 41.4 Å². The van der Waals surface area contributed by atoms with Crippen LogP contribution in [0.5, 0.6) is 0 Å². The third-order valence-corrected chi connectivity index (χ3v) is 5.85. The first kappa shape index (κ1) is 20.8. The SMILES string of the molecule is O=C(CCc1ccc(Cl)cc1Cl)[C@@H]1CCC(=O)N1C(=O)Nc1ccccc1Br. The van der Waals surface area contributed by atoms with Crippen molar-refractivity contribution in [2.75, 3.05) is 5.32 Å². The van der Waals surface area contributed by atoms with Gasteiger partial charge in [-0.05, 0) is 58.6 Å². The van der Waals surface area contributed by atoms with Gasteiger partial charge in [0.25, 0.3) is 0 Å². The lowest BCUT2D eigenvalue weighted by Gasteiger charge is -2.22. The minimum absolute atomic E-state index is 0.167. The molecule has 0 bridgehead atoms. The second-order valence-corrected chi connectivity index (χ2v) is 8.13. The van der Waals surface area contributed by atoms with Gasteiger partial charge >= 0.3 is 6.03 Å². The summed E-state index contributed by atoms with van der Waals surface area (Å²) in [6.45, 7) is 0. The smallest absolute Gasteiger partial charge is 0.306 e. The summed E-state index contributed by atoms with van der Waals surface area (Å²) in [6.07, 6.45) is 1.09. The Kier molecular flexibility index (Phi) is 6.75. The number of halogens is 3. The molecule has 0 spiro atoms. The predicted molar refractivity (Wildman–Crippen MR) is 113 cm³/mol. The average molecular weight is 484 g/mol. The number of hydrogen-bond donors (Lipinski definition) is 1. The Morgan fingerprint density at radius 3 is 2.64 bits per heavy atom. The van der Waals surface area contributed by atoms with Gasteiger partial charge in [0.15, 0.2) is 5.78 Å². The molecule has 3 rings (SSSR count). The molecule has 1 saturated heterocycles. The molecular formula is C20H17BrCl2N2O3. The highest BCUT2D eigenvalue weighted by Crippen LogP contribution is 2.27. The minimum Gasteiger partial charge on any atom is -0.306 e. The molecule has 0 aromatic heterocycles. The molecule has 5 nitrogen and oxygen atoms in total. The van der Waals surface area contributed by atoms with E-state index in [9.17, 15) is 14.4 Å². The molecule has 0 aliphatic carbocycles. The number of benzene rings is 2. The van der Waals surface area contributed by atoms with Gasteiger partial charge in [-0.25, -0.2) is 4.79 Å². The van der Waals surface area contributed by atoms with Crippen molar-refractivity contribution in [1.82, 2.24) is 4.90 Å². The van der Waals surface area contributed by atoms with Crippen LogP contribution in [-0.4, -0.2) is 28.7 Å². The van der Waals surface area contributed by atoms with E-state index in [4.69, 9.17) is 23.2 Å². The van der Waals surface area contributed by atoms with E-state index in [1.165, 1.54) is 0 Å². The first-order valence-electron chi connectivity index (χ1n) is 8.71. The van der Waals surface area contributed by atoms with Gasteiger partial charge in [0.1, 0.15) is 6.04 Å². The first-order valence-corrected chi connectivity index (χ1v) is 10.3. The molecule has 1 fully saturated rings. The number of rotatable bonds is 5. The number of ketones is 1. The Balaban J connectivity index is 1.68. The molecule has 2 aromatic carbocycles. The van der Waals surface area contributed by atoms with Crippen LogP contribution >= 0.6 is 39.1 Å². The van der Waals surface area contributed by atoms with Crippen molar-refractivity contribution in [2.45, 2.75) is 31.7 Å². The molecule has 0 unspecified atom stereocenters. The summed E-state index contributed by atoms with van der Waals surface area (Å²) in [5, 5.41) is 3.70. The van der Waals surface area contributed by atoms with E-state index in [1.807, 2.05) is 6.07 Å². The number of urea groups is 1. The average Bonchev–Trinajstić information content (AvgIpc) is 3.04. The fourth-order valence-corrected chi connectivity index (χ4v) is 4.02. The predicted octanol–water partition coefficient (Wildman–Crippen LogP) is 5.48. The molecule has 0 saturated carbocycles. The number of Topliss-reactive ketones (excluding diaryl/α,β-unsaturated/α-hetero) is 1. The lowest BCUT2D eigenvalue weighted by Crippen LogP contribution is -2.45. The Morgan fingerprint density at radius 1 is 1.18 bits per heavy atom. The summed E-state index contributed by atoms with van der Waals surface area (Å²) in [7, 11) is 0. The molecule has 0 radical (unpaired) electrons. The van der Waals surface area contributed by atoms with E-state index in [2.05, 4.69) is 21.2 Å². The highest BCUT2D eigenvalue weighted by Gasteiger charge is 2.39. The van der Waals surface area contributed by atoms with Crippen molar-refractivity contribution in [2.24, 2.45) is 0 Å². The summed E-state index contributed by atoms with van der Waals surface area (Å²) in [5.74, 6) is -0.522. The number of nitrogens with zero attached hydrogens (tertiary/aromatic N) is 1. The fourth-order valence-electron chi connectivity index (χ4n) is 3.13. The van der Waals surface area contributed by atoms with Crippen molar-refractivity contribution in [3.63, 3.8) is 0 Å². The third kappa shape index (κ3) is 4.74. The van der Waals surface area contributed by atoms with Crippen molar-refractivity contribution < 1.29 is 14.4 Å². The third-order valence-electron chi connectivity index (χ3n) is 4.57. The molecule has 1 aliphatic heterocycles. The van der Waals surface area contributed by atoms with E-state index in [-0.39, 0.29) is 24.5 Å². The number of amides is 3. The Bertz CT molecular complexity index is 935. The highest BCUT2D eigenvalue weighted by atomic mass is 79.9. The van der Waals surface area contributed by atoms with E-state index < -0.39 is 12.1 Å². The van der Waals surface area contributed by atoms with Gasteiger partial charge in [-0.15, -0.1) is 0 Å². The van der Waals surface area contributed by atoms with E-state index in [1.54, 1.807) is 36.4 Å². The van der Waals surface area contributed by atoms with Gasteiger partial charge in [0.2, 0.25) is 5.91 Å². The highest BCUT2D eigenvalue weighted by molar-refractivity contribution is 9.10. The van der Waals surface area contributed by atoms with E-state index in [0.29, 0.717) is 33.0 Å². The van der Waals surface area contributed by atoms with Crippen LogP contribution in [0.2, 0.25) is 10.0 Å². The number of imide groups is 1. The molecule has 1 atom stereocenters. The largest absolute Gasteiger partial charge is 0.329 e. The zero-order chi connectivity index (χ0) is 20.3. The van der Waals surface area contributed by atoms with Gasteiger partial charge in [0, 0.05) is 27.4 Å². The molecular weight excluding hydrogens is 467 g/mol. The molecule has 3 amide bonds. The summed E-state index contributed by atoms with van der Waals surface area (Å²) in [4.78, 5) is 38.6. The van der Waals surface area contributed by atoms with Crippen molar-refractivity contribution in [1.29, 1.82) is 0 Å². The van der Waals surface area contributed by atoms with Crippen LogP contribution < -0.4 is 5.32 Å². The van der Waals surface area contributed by atoms with Crippen LogP contribution in [0.25, 0.3) is 0 Å². The fraction of sp³-hybridized carbons (Fsp3) is 0.250. The Hall–Kier alpha value is -1.89. The zero-order valence-electron chi connectivity index (χ0n) is 14.8.